The molecule has 1 N–H and O–H groups in total. The van der Waals surface area contributed by atoms with Crippen LogP contribution in [0, 0.1) is 11.8 Å². The van der Waals surface area contributed by atoms with Crippen LogP contribution in [0.4, 0.5) is 0 Å². The Morgan fingerprint density at radius 2 is 1.00 bits per heavy atom. The number of alkyl halides is 1. The van der Waals surface area contributed by atoms with Crippen molar-refractivity contribution in [1.29, 1.82) is 0 Å². The van der Waals surface area contributed by atoms with E-state index in [-0.39, 0.29) is 5.38 Å². The molecule has 0 aromatic carbocycles. The minimum atomic E-state index is -0.407. The van der Waals surface area contributed by atoms with Gasteiger partial charge in [-0.25, -0.2) is 0 Å². The molecule has 4 atom stereocenters. The van der Waals surface area contributed by atoms with Crippen LogP contribution in [0.2, 0.25) is 0 Å². The first-order valence-corrected chi connectivity index (χ1v) is 11.8. The maximum atomic E-state index is 9.60. The van der Waals surface area contributed by atoms with Crippen molar-refractivity contribution in [3.63, 3.8) is 0 Å². The summed E-state index contributed by atoms with van der Waals surface area (Å²) in [5.41, 5.74) is 0. The first kappa shape index (κ1) is 25.2. The molecule has 0 aromatic rings. The van der Waals surface area contributed by atoms with Crippen LogP contribution in [0.1, 0.15) is 124 Å². The van der Waals surface area contributed by atoms with Crippen molar-refractivity contribution in [3.05, 3.63) is 0 Å². The predicted molar refractivity (Wildman–Crippen MR) is 115 cm³/mol. The number of aliphatic hydroxyl groups excluding tert-OH is 1. The lowest BCUT2D eigenvalue weighted by Gasteiger charge is -2.26. The summed E-state index contributed by atoms with van der Waals surface area (Å²) >= 11 is 6.28. The third kappa shape index (κ3) is 15.0. The number of rotatable bonds is 18. The Balaban J connectivity index is 3.31. The first-order valence-electron chi connectivity index (χ1n) is 11.3. The number of aliphatic hydroxyl groups is 1. The highest BCUT2D eigenvalue weighted by atomic mass is 35.5. The highest BCUT2D eigenvalue weighted by Gasteiger charge is 2.24. The summed E-state index contributed by atoms with van der Waals surface area (Å²) in [4.78, 5) is 0. The van der Waals surface area contributed by atoms with Gasteiger partial charge in [0.05, 0.1) is 11.5 Å². The van der Waals surface area contributed by atoms with Crippen molar-refractivity contribution in [2.75, 3.05) is 0 Å². The fourth-order valence-corrected chi connectivity index (χ4v) is 3.93. The Morgan fingerprint density at radius 3 is 1.36 bits per heavy atom. The van der Waals surface area contributed by atoms with Crippen LogP contribution < -0.4 is 0 Å². The number of halogens is 1. The minimum Gasteiger partial charge on any atom is -0.392 e. The zero-order valence-corrected chi connectivity index (χ0v) is 18.5. The van der Waals surface area contributed by atoms with Gasteiger partial charge in [0, 0.05) is 0 Å². The number of hydrogen-bond acceptors (Lipinski definition) is 1. The van der Waals surface area contributed by atoms with E-state index in [0.717, 1.165) is 0 Å². The summed E-state index contributed by atoms with van der Waals surface area (Å²) in [7, 11) is 0. The standard InChI is InChI=1S/C23H47ClO/c1-5-6-7-8-9-10-11-12-13-14-15-16-17-18-19-20(2)21(3)23(24)22(4)25/h20-23,25H,5-19H2,1-4H3. The van der Waals surface area contributed by atoms with Gasteiger partial charge in [-0.15, -0.1) is 11.6 Å². The van der Waals surface area contributed by atoms with E-state index >= 15 is 0 Å². The summed E-state index contributed by atoms with van der Waals surface area (Å²) in [6.07, 6.45) is 20.6. The Hall–Kier alpha value is 0.250. The van der Waals surface area contributed by atoms with Crippen LogP contribution in [0.15, 0.2) is 0 Å². The number of unbranched alkanes of at least 4 members (excludes halogenated alkanes) is 13. The van der Waals surface area contributed by atoms with Crippen LogP contribution in [-0.2, 0) is 0 Å². The van der Waals surface area contributed by atoms with E-state index < -0.39 is 6.10 Å². The Bertz CT molecular complexity index is 267. The van der Waals surface area contributed by atoms with E-state index in [0.29, 0.717) is 11.8 Å². The Labute approximate surface area is 164 Å². The van der Waals surface area contributed by atoms with Gasteiger partial charge in [0.25, 0.3) is 0 Å². The lowest BCUT2D eigenvalue weighted by atomic mass is 9.86. The van der Waals surface area contributed by atoms with Gasteiger partial charge in [0.2, 0.25) is 0 Å². The lowest BCUT2D eigenvalue weighted by molar-refractivity contribution is 0.151. The molecule has 0 saturated heterocycles. The van der Waals surface area contributed by atoms with Crippen molar-refractivity contribution < 1.29 is 5.11 Å². The first-order chi connectivity index (χ1) is 12.0. The molecule has 152 valence electrons. The average Bonchev–Trinajstić information content (AvgIpc) is 2.60. The maximum Gasteiger partial charge on any atom is 0.0678 e. The van der Waals surface area contributed by atoms with Crippen molar-refractivity contribution in [3.8, 4) is 0 Å². The summed E-state index contributed by atoms with van der Waals surface area (Å²) in [6.45, 7) is 8.55. The topological polar surface area (TPSA) is 20.2 Å². The fraction of sp³-hybridized carbons (Fsp3) is 1.00. The van der Waals surface area contributed by atoms with Crippen molar-refractivity contribution in [2.45, 2.75) is 135 Å². The predicted octanol–water partition coefficient (Wildman–Crippen LogP) is 8.12. The lowest BCUT2D eigenvalue weighted by Crippen LogP contribution is -2.28. The maximum absolute atomic E-state index is 9.60. The largest absolute Gasteiger partial charge is 0.392 e. The molecule has 2 heteroatoms. The van der Waals surface area contributed by atoms with Gasteiger partial charge < -0.3 is 5.11 Å². The normalized spacial score (nSPS) is 16.6. The molecule has 0 radical (unpaired) electrons. The van der Waals surface area contributed by atoms with Gasteiger partial charge >= 0.3 is 0 Å². The second kappa shape index (κ2) is 17.7. The van der Waals surface area contributed by atoms with Gasteiger partial charge in [0.1, 0.15) is 0 Å². The molecule has 0 rings (SSSR count). The minimum absolute atomic E-state index is 0.110. The number of hydrogen-bond donors (Lipinski definition) is 1. The quantitative estimate of drug-likeness (QED) is 0.189. The Kier molecular flexibility index (Phi) is 17.8. The molecule has 0 bridgehead atoms. The molecule has 0 aliphatic rings. The van der Waals surface area contributed by atoms with Gasteiger partial charge in [0.15, 0.2) is 0 Å². The molecular formula is C23H47ClO. The van der Waals surface area contributed by atoms with E-state index in [9.17, 15) is 5.11 Å². The summed E-state index contributed by atoms with van der Waals surface area (Å²) in [6, 6.07) is 0. The average molecular weight is 375 g/mol. The summed E-state index contributed by atoms with van der Waals surface area (Å²) < 4.78 is 0. The molecule has 0 saturated carbocycles. The van der Waals surface area contributed by atoms with E-state index in [1.807, 2.05) is 0 Å². The zero-order chi connectivity index (χ0) is 18.9. The molecule has 0 aliphatic carbocycles. The molecule has 1 nitrogen and oxygen atoms in total. The third-order valence-corrected chi connectivity index (χ3v) is 6.64. The molecule has 4 unspecified atom stereocenters. The van der Waals surface area contributed by atoms with Crippen molar-refractivity contribution in [1.82, 2.24) is 0 Å². The second-order valence-corrected chi connectivity index (χ2v) is 8.91. The monoisotopic (exact) mass is 374 g/mol. The highest BCUT2D eigenvalue weighted by Crippen LogP contribution is 2.26. The molecule has 0 heterocycles. The molecular weight excluding hydrogens is 328 g/mol. The third-order valence-electron chi connectivity index (χ3n) is 5.87. The van der Waals surface area contributed by atoms with Crippen LogP contribution in [0.5, 0.6) is 0 Å². The van der Waals surface area contributed by atoms with Crippen molar-refractivity contribution >= 4 is 11.6 Å². The van der Waals surface area contributed by atoms with E-state index in [4.69, 9.17) is 11.6 Å². The van der Waals surface area contributed by atoms with E-state index in [2.05, 4.69) is 20.8 Å². The molecule has 25 heavy (non-hydrogen) atoms. The highest BCUT2D eigenvalue weighted by molar-refractivity contribution is 6.21. The molecule has 0 amide bonds. The zero-order valence-electron chi connectivity index (χ0n) is 17.7. The van der Waals surface area contributed by atoms with Crippen LogP contribution >= 0.6 is 11.6 Å². The van der Waals surface area contributed by atoms with Gasteiger partial charge in [-0.1, -0.05) is 117 Å². The van der Waals surface area contributed by atoms with Crippen LogP contribution in [-0.4, -0.2) is 16.6 Å². The van der Waals surface area contributed by atoms with Crippen molar-refractivity contribution in [2.24, 2.45) is 11.8 Å². The van der Waals surface area contributed by atoms with Crippen LogP contribution in [0.25, 0.3) is 0 Å². The molecule has 0 spiro atoms. The van der Waals surface area contributed by atoms with Crippen LogP contribution in [0.3, 0.4) is 0 Å². The summed E-state index contributed by atoms with van der Waals surface area (Å²) in [5.74, 6) is 0.998. The Morgan fingerprint density at radius 1 is 0.640 bits per heavy atom. The molecule has 0 aromatic heterocycles. The molecule has 0 fully saturated rings. The SMILES string of the molecule is CCCCCCCCCCCCCCCCC(C)C(C)C(Cl)C(C)O. The van der Waals surface area contributed by atoms with E-state index in [1.54, 1.807) is 6.92 Å². The van der Waals surface area contributed by atoms with E-state index in [1.165, 1.54) is 96.3 Å². The fourth-order valence-electron chi connectivity index (χ4n) is 3.68. The van der Waals surface area contributed by atoms with Gasteiger partial charge in [-0.3, -0.25) is 0 Å². The smallest absolute Gasteiger partial charge is 0.0678 e. The van der Waals surface area contributed by atoms with Gasteiger partial charge in [-0.05, 0) is 18.8 Å². The molecule has 0 aliphatic heterocycles. The van der Waals surface area contributed by atoms with Gasteiger partial charge in [-0.2, -0.15) is 0 Å². The summed E-state index contributed by atoms with van der Waals surface area (Å²) in [5, 5.41) is 9.49. The second-order valence-electron chi connectivity index (χ2n) is 8.41.